The van der Waals surface area contributed by atoms with E-state index >= 15 is 0 Å². The smallest absolute Gasteiger partial charge is 0.326 e. The highest BCUT2D eigenvalue weighted by molar-refractivity contribution is 7.98. The van der Waals surface area contributed by atoms with Crippen molar-refractivity contribution in [2.45, 2.75) is 43.8 Å². The maximum absolute atomic E-state index is 12.8. The van der Waals surface area contributed by atoms with Gasteiger partial charge in [-0.05, 0) is 31.3 Å². The van der Waals surface area contributed by atoms with Crippen molar-refractivity contribution in [3.8, 4) is 0 Å². The van der Waals surface area contributed by atoms with Crippen molar-refractivity contribution >= 4 is 35.5 Å². The monoisotopic (exact) mass is 440 g/mol. The van der Waals surface area contributed by atoms with E-state index in [-0.39, 0.29) is 13.0 Å². The molecule has 1 aromatic heterocycles. The van der Waals surface area contributed by atoms with Crippen LogP contribution in [0, 0.1) is 0 Å². The van der Waals surface area contributed by atoms with E-state index < -0.39 is 41.8 Å². The van der Waals surface area contributed by atoms with E-state index in [0.29, 0.717) is 37.3 Å². The molecule has 0 aliphatic carbocycles. The second-order valence-electron chi connectivity index (χ2n) is 7.03. The van der Waals surface area contributed by atoms with Gasteiger partial charge in [0.1, 0.15) is 12.1 Å². The molecule has 0 saturated carbocycles. The predicted molar refractivity (Wildman–Crippen MR) is 111 cm³/mol. The number of nitrogens with zero attached hydrogens (tertiary/aromatic N) is 2. The molecule has 2 rings (SSSR count). The summed E-state index contributed by atoms with van der Waals surface area (Å²) in [6, 6.07) is -2.57. The third-order valence-electron chi connectivity index (χ3n) is 4.82. The number of carbonyl (C=O) groups excluding carboxylic acids is 3. The standard InChI is InChI=1S/C18H28N6O5S/c1-30-6-4-13(17(27)24-5-2-3-14(24)18(28)29)23-15(25)9-21-16(26)12(19)7-11-8-20-10-22-11/h8,10,12-14H,2-7,9,19H2,1H3,(H,20,22)(H,21,26)(H,23,25)(H,28,29). The van der Waals surface area contributed by atoms with Crippen LogP contribution in [0.4, 0.5) is 0 Å². The van der Waals surface area contributed by atoms with Gasteiger partial charge in [0.05, 0.1) is 18.9 Å². The van der Waals surface area contributed by atoms with Gasteiger partial charge >= 0.3 is 5.97 Å². The normalized spacial score (nSPS) is 17.9. The summed E-state index contributed by atoms with van der Waals surface area (Å²) in [5.74, 6) is -1.89. The lowest BCUT2D eigenvalue weighted by molar-refractivity contribution is -0.149. The van der Waals surface area contributed by atoms with E-state index in [9.17, 15) is 24.3 Å². The topological polar surface area (TPSA) is 171 Å². The molecule has 12 heteroatoms. The average Bonchev–Trinajstić information content (AvgIpc) is 3.40. The molecule has 6 N–H and O–H groups in total. The van der Waals surface area contributed by atoms with Gasteiger partial charge in [-0.3, -0.25) is 14.4 Å². The predicted octanol–water partition coefficient (Wildman–Crippen LogP) is -1.29. The third-order valence-corrected chi connectivity index (χ3v) is 5.46. The van der Waals surface area contributed by atoms with Gasteiger partial charge in [-0.15, -0.1) is 0 Å². The van der Waals surface area contributed by atoms with E-state index in [0.717, 1.165) is 0 Å². The molecule has 11 nitrogen and oxygen atoms in total. The van der Waals surface area contributed by atoms with Gasteiger partial charge < -0.3 is 31.4 Å². The molecule has 0 bridgehead atoms. The molecule has 166 valence electrons. The molecule has 0 spiro atoms. The number of likely N-dealkylation sites (tertiary alicyclic amines) is 1. The van der Waals surface area contributed by atoms with Crippen LogP contribution in [0.1, 0.15) is 25.0 Å². The number of aromatic amines is 1. The first-order valence-electron chi connectivity index (χ1n) is 9.65. The first-order valence-corrected chi connectivity index (χ1v) is 11.0. The summed E-state index contributed by atoms with van der Waals surface area (Å²) in [4.78, 5) is 56.7. The summed E-state index contributed by atoms with van der Waals surface area (Å²) in [5, 5.41) is 14.4. The highest BCUT2D eigenvalue weighted by Crippen LogP contribution is 2.19. The number of imidazole rings is 1. The Bertz CT molecular complexity index is 743. The second-order valence-corrected chi connectivity index (χ2v) is 8.02. The van der Waals surface area contributed by atoms with Crippen LogP contribution in [-0.2, 0) is 25.6 Å². The van der Waals surface area contributed by atoms with Crippen LogP contribution in [0.5, 0.6) is 0 Å². The molecule has 1 aliphatic rings. The van der Waals surface area contributed by atoms with E-state index in [4.69, 9.17) is 5.73 Å². The number of hydrogen-bond acceptors (Lipinski definition) is 7. The number of hydrogen-bond donors (Lipinski definition) is 5. The molecule has 2 heterocycles. The highest BCUT2D eigenvalue weighted by atomic mass is 32.2. The second kappa shape index (κ2) is 11.6. The van der Waals surface area contributed by atoms with Gasteiger partial charge in [0, 0.05) is 24.9 Å². The summed E-state index contributed by atoms with van der Waals surface area (Å²) >= 11 is 1.52. The molecule has 0 radical (unpaired) electrons. The van der Waals surface area contributed by atoms with Crippen LogP contribution in [0.2, 0.25) is 0 Å². The Morgan fingerprint density at radius 2 is 2.20 bits per heavy atom. The number of carboxylic acids is 1. The minimum Gasteiger partial charge on any atom is -0.480 e. The molecule has 1 saturated heterocycles. The molecule has 0 aromatic carbocycles. The van der Waals surface area contributed by atoms with Crippen LogP contribution >= 0.6 is 11.8 Å². The van der Waals surface area contributed by atoms with Crippen molar-refractivity contribution in [1.82, 2.24) is 25.5 Å². The Morgan fingerprint density at radius 3 is 2.83 bits per heavy atom. The number of rotatable bonds is 11. The Morgan fingerprint density at radius 1 is 1.43 bits per heavy atom. The Labute approximate surface area is 178 Å². The third kappa shape index (κ3) is 6.73. The zero-order valence-electron chi connectivity index (χ0n) is 16.8. The number of aliphatic carboxylic acids is 1. The van der Waals surface area contributed by atoms with Gasteiger partial charge in [-0.2, -0.15) is 11.8 Å². The van der Waals surface area contributed by atoms with Crippen LogP contribution in [-0.4, -0.2) is 86.9 Å². The van der Waals surface area contributed by atoms with Gasteiger partial charge in [0.15, 0.2) is 0 Å². The minimum absolute atomic E-state index is 0.244. The van der Waals surface area contributed by atoms with Gasteiger partial charge in [0.25, 0.3) is 0 Å². The lowest BCUT2D eigenvalue weighted by Crippen LogP contribution is -2.54. The molecule has 1 fully saturated rings. The van der Waals surface area contributed by atoms with Gasteiger partial charge in [0.2, 0.25) is 17.7 Å². The van der Waals surface area contributed by atoms with Crippen molar-refractivity contribution in [2.24, 2.45) is 5.73 Å². The van der Waals surface area contributed by atoms with E-state index in [1.54, 1.807) is 6.20 Å². The summed E-state index contributed by atoms with van der Waals surface area (Å²) in [6.07, 6.45) is 6.53. The van der Waals surface area contributed by atoms with Crippen molar-refractivity contribution in [2.75, 3.05) is 25.1 Å². The molecule has 30 heavy (non-hydrogen) atoms. The first-order chi connectivity index (χ1) is 14.3. The Hall–Kier alpha value is -2.60. The number of H-pyrrole nitrogens is 1. The molecular weight excluding hydrogens is 412 g/mol. The highest BCUT2D eigenvalue weighted by Gasteiger charge is 2.37. The van der Waals surface area contributed by atoms with E-state index in [1.165, 1.54) is 23.0 Å². The molecule has 1 aliphatic heterocycles. The SMILES string of the molecule is CSCCC(NC(=O)CNC(=O)C(N)Cc1cnc[nH]1)C(=O)N1CCCC1C(=O)O. The Kier molecular flexibility index (Phi) is 9.12. The van der Waals surface area contributed by atoms with Gasteiger partial charge in [-0.1, -0.05) is 0 Å². The molecule has 3 unspecified atom stereocenters. The number of thioether (sulfide) groups is 1. The molecular formula is C18H28N6O5S. The zero-order valence-corrected chi connectivity index (χ0v) is 17.6. The number of aromatic nitrogens is 2. The average molecular weight is 441 g/mol. The van der Waals surface area contributed by atoms with Crippen LogP contribution in [0.15, 0.2) is 12.5 Å². The van der Waals surface area contributed by atoms with E-state index in [2.05, 4.69) is 20.6 Å². The molecule has 1 aromatic rings. The van der Waals surface area contributed by atoms with Crippen LogP contribution in [0.25, 0.3) is 0 Å². The zero-order chi connectivity index (χ0) is 22.1. The first kappa shape index (κ1) is 23.7. The van der Waals surface area contributed by atoms with Crippen LogP contribution < -0.4 is 16.4 Å². The lowest BCUT2D eigenvalue weighted by Gasteiger charge is -2.27. The summed E-state index contributed by atoms with van der Waals surface area (Å²) in [5.41, 5.74) is 6.52. The number of carbonyl (C=O) groups is 4. The van der Waals surface area contributed by atoms with Crippen molar-refractivity contribution in [1.29, 1.82) is 0 Å². The van der Waals surface area contributed by atoms with Crippen molar-refractivity contribution in [3.05, 3.63) is 18.2 Å². The summed E-state index contributed by atoms with van der Waals surface area (Å²) in [6.45, 7) is 0.0154. The molecule has 3 atom stereocenters. The van der Waals surface area contributed by atoms with Crippen molar-refractivity contribution < 1.29 is 24.3 Å². The van der Waals surface area contributed by atoms with Crippen molar-refractivity contribution in [3.63, 3.8) is 0 Å². The molecule has 3 amide bonds. The fourth-order valence-electron chi connectivity index (χ4n) is 3.25. The fraction of sp³-hybridized carbons (Fsp3) is 0.611. The summed E-state index contributed by atoms with van der Waals surface area (Å²) in [7, 11) is 0. The largest absolute Gasteiger partial charge is 0.480 e. The van der Waals surface area contributed by atoms with Gasteiger partial charge in [-0.25, -0.2) is 9.78 Å². The number of amides is 3. The van der Waals surface area contributed by atoms with E-state index in [1.807, 2.05) is 6.26 Å². The number of nitrogens with two attached hydrogens (primary N) is 1. The van der Waals surface area contributed by atoms with Crippen LogP contribution in [0.3, 0.4) is 0 Å². The number of carboxylic acid groups (broad SMARTS) is 1. The lowest BCUT2D eigenvalue weighted by atomic mass is 10.1. The quantitative estimate of drug-likeness (QED) is 0.283. The number of nitrogens with one attached hydrogen (secondary N) is 3. The fourth-order valence-corrected chi connectivity index (χ4v) is 3.72. The maximum Gasteiger partial charge on any atom is 0.326 e. The Balaban J connectivity index is 1.88. The summed E-state index contributed by atoms with van der Waals surface area (Å²) < 4.78 is 0. The maximum atomic E-state index is 12.8. The minimum atomic E-state index is -1.05.